The molecular formula is C11H16ClMgN. The first-order valence-corrected chi connectivity index (χ1v) is 4.34. The van der Waals surface area contributed by atoms with E-state index < -0.39 is 0 Å². The first-order valence-electron chi connectivity index (χ1n) is 4.34. The SMILES string of the molecule is [CH2-]CCN(C)Cc1ccccc1.[Cl-].[Mg+2]. The van der Waals surface area contributed by atoms with Crippen LogP contribution in [0.15, 0.2) is 30.3 Å². The summed E-state index contributed by atoms with van der Waals surface area (Å²) in [5, 5.41) is 0. The normalized spacial score (nSPS) is 9.07. The molecule has 0 spiro atoms. The quantitative estimate of drug-likeness (QED) is 0.465. The molecule has 0 fully saturated rings. The van der Waals surface area contributed by atoms with Crippen molar-refractivity contribution in [2.75, 3.05) is 13.6 Å². The van der Waals surface area contributed by atoms with Crippen LogP contribution in [-0.4, -0.2) is 41.5 Å². The van der Waals surface area contributed by atoms with Crippen molar-refractivity contribution in [3.8, 4) is 0 Å². The van der Waals surface area contributed by atoms with Crippen LogP contribution in [0.25, 0.3) is 0 Å². The van der Waals surface area contributed by atoms with Gasteiger partial charge >= 0.3 is 23.1 Å². The van der Waals surface area contributed by atoms with Gasteiger partial charge in [0.25, 0.3) is 0 Å². The van der Waals surface area contributed by atoms with Crippen LogP contribution in [0.4, 0.5) is 0 Å². The number of halogens is 1. The number of nitrogens with zero attached hydrogens (tertiary/aromatic N) is 1. The molecule has 0 unspecified atom stereocenters. The van der Waals surface area contributed by atoms with E-state index in [9.17, 15) is 0 Å². The van der Waals surface area contributed by atoms with Crippen molar-refractivity contribution >= 4 is 23.1 Å². The van der Waals surface area contributed by atoms with Crippen molar-refractivity contribution in [1.82, 2.24) is 4.90 Å². The molecule has 1 rings (SSSR count). The van der Waals surface area contributed by atoms with Crippen LogP contribution < -0.4 is 12.4 Å². The van der Waals surface area contributed by atoms with Gasteiger partial charge in [0.05, 0.1) is 0 Å². The molecule has 0 aromatic heterocycles. The topological polar surface area (TPSA) is 3.24 Å². The first kappa shape index (κ1) is 16.7. The van der Waals surface area contributed by atoms with Gasteiger partial charge in [-0.15, -0.1) is 0 Å². The fourth-order valence-corrected chi connectivity index (χ4v) is 1.24. The summed E-state index contributed by atoms with van der Waals surface area (Å²) in [5.41, 5.74) is 1.37. The molecule has 1 nitrogen and oxygen atoms in total. The van der Waals surface area contributed by atoms with Gasteiger partial charge in [-0.05, 0) is 19.2 Å². The molecule has 0 radical (unpaired) electrons. The maximum absolute atomic E-state index is 3.83. The van der Waals surface area contributed by atoms with Gasteiger partial charge in [-0.25, -0.2) is 0 Å². The van der Waals surface area contributed by atoms with Gasteiger partial charge in [0.1, 0.15) is 0 Å². The molecule has 3 heteroatoms. The average Bonchev–Trinajstić information content (AvgIpc) is 2.06. The minimum atomic E-state index is 0. The van der Waals surface area contributed by atoms with Crippen molar-refractivity contribution < 1.29 is 12.4 Å². The molecule has 0 saturated heterocycles. The fraction of sp³-hybridized carbons (Fsp3) is 0.364. The van der Waals surface area contributed by atoms with Crippen molar-refractivity contribution in [3.63, 3.8) is 0 Å². The van der Waals surface area contributed by atoms with E-state index >= 15 is 0 Å². The molecule has 0 aliphatic rings. The van der Waals surface area contributed by atoms with E-state index in [1.165, 1.54) is 5.56 Å². The molecule has 14 heavy (non-hydrogen) atoms. The van der Waals surface area contributed by atoms with Crippen LogP contribution in [0, 0.1) is 6.92 Å². The summed E-state index contributed by atoms with van der Waals surface area (Å²) in [6.07, 6.45) is 0.976. The van der Waals surface area contributed by atoms with E-state index in [1.54, 1.807) is 0 Å². The second kappa shape index (κ2) is 9.78. The van der Waals surface area contributed by atoms with Gasteiger partial charge in [0.2, 0.25) is 0 Å². The van der Waals surface area contributed by atoms with E-state index in [0.29, 0.717) is 0 Å². The Labute approximate surface area is 109 Å². The third-order valence-corrected chi connectivity index (χ3v) is 1.84. The molecular weight excluding hydrogens is 206 g/mol. The summed E-state index contributed by atoms with van der Waals surface area (Å²) < 4.78 is 0. The van der Waals surface area contributed by atoms with Crippen molar-refractivity contribution in [1.29, 1.82) is 0 Å². The molecule has 0 amide bonds. The van der Waals surface area contributed by atoms with Crippen molar-refractivity contribution in [2.45, 2.75) is 13.0 Å². The van der Waals surface area contributed by atoms with Gasteiger partial charge in [-0.2, -0.15) is 6.42 Å². The largest absolute Gasteiger partial charge is 2.00 e. The standard InChI is InChI=1S/C11H16N.ClH.Mg/c1-3-9-12(2)10-11-7-5-4-6-8-11;;/h4-8H,1,3,9-10H2,2H3;1H;/q-1;;+2/p-1. The minimum Gasteiger partial charge on any atom is -1.00 e. The first-order chi connectivity index (χ1) is 5.83. The number of hydrogen-bond acceptors (Lipinski definition) is 1. The minimum absolute atomic E-state index is 0. The third-order valence-electron chi connectivity index (χ3n) is 1.84. The van der Waals surface area contributed by atoms with Crippen LogP contribution in [-0.2, 0) is 6.54 Å². The Morgan fingerprint density at radius 2 is 1.79 bits per heavy atom. The molecule has 0 bridgehead atoms. The van der Waals surface area contributed by atoms with Crippen LogP contribution in [0.5, 0.6) is 0 Å². The van der Waals surface area contributed by atoms with Gasteiger partial charge < -0.3 is 24.2 Å². The third kappa shape index (κ3) is 6.65. The Morgan fingerprint density at radius 3 is 2.29 bits per heavy atom. The van der Waals surface area contributed by atoms with Crippen LogP contribution in [0.3, 0.4) is 0 Å². The molecule has 1 aromatic rings. The van der Waals surface area contributed by atoms with Gasteiger partial charge in [0.15, 0.2) is 0 Å². The summed E-state index contributed by atoms with van der Waals surface area (Å²) in [7, 11) is 2.12. The zero-order chi connectivity index (χ0) is 8.81. The second-order valence-corrected chi connectivity index (χ2v) is 3.08. The monoisotopic (exact) mass is 221 g/mol. The van der Waals surface area contributed by atoms with Crippen LogP contribution in [0.1, 0.15) is 12.0 Å². The molecule has 0 N–H and O–H groups in total. The summed E-state index contributed by atoms with van der Waals surface area (Å²) in [5.74, 6) is 0. The van der Waals surface area contributed by atoms with E-state index in [1.807, 2.05) is 6.07 Å². The van der Waals surface area contributed by atoms with Crippen molar-refractivity contribution in [2.24, 2.45) is 0 Å². The Hall–Kier alpha value is 0.236. The van der Waals surface area contributed by atoms with Gasteiger partial charge in [-0.3, -0.25) is 0 Å². The zero-order valence-electron chi connectivity index (χ0n) is 8.75. The Morgan fingerprint density at radius 1 is 1.21 bits per heavy atom. The maximum atomic E-state index is 3.83. The molecule has 1 aromatic carbocycles. The number of hydrogen-bond donors (Lipinski definition) is 0. The van der Waals surface area contributed by atoms with Crippen LogP contribution in [0.2, 0.25) is 0 Å². The van der Waals surface area contributed by atoms with Crippen molar-refractivity contribution in [3.05, 3.63) is 42.8 Å². The van der Waals surface area contributed by atoms with E-state index in [4.69, 9.17) is 0 Å². The van der Waals surface area contributed by atoms with E-state index in [0.717, 1.165) is 19.5 Å². The van der Waals surface area contributed by atoms with E-state index in [2.05, 4.69) is 43.1 Å². The second-order valence-electron chi connectivity index (χ2n) is 3.08. The number of rotatable bonds is 4. The van der Waals surface area contributed by atoms with Gasteiger partial charge in [0, 0.05) is 6.54 Å². The average molecular weight is 222 g/mol. The molecule has 0 aliphatic heterocycles. The molecule has 0 saturated carbocycles. The molecule has 0 heterocycles. The molecule has 0 atom stereocenters. The summed E-state index contributed by atoms with van der Waals surface area (Å²) >= 11 is 0. The molecule has 0 aliphatic carbocycles. The predicted molar refractivity (Wildman–Crippen MR) is 58.5 cm³/mol. The fourth-order valence-electron chi connectivity index (χ4n) is 1.24. The number of benzene rings is 1. The zero-order valence-corrected chi connectivity index (χ0v) is 10.9. The summed E-state index contributed by atoms with van der Waals surface area (Å²) in [4.78, 5) is 2.28. The maximum Gasteiger partial charge on any atom is 2.00 e. The Balaban J connectivity index is 0. The Bertz CT molecular complexity index is 216. The summed E-state index contributed by atoms with van der Waals surface area (Å²) in [6, 6.07) is 10.5. The van der Waals surface area contributed by atoms with Gasteiger partial charge in [-0.1, -0.05) is 30.3 Å². The Kier molecular flexibility index (Phi) is 11.6. The predicted octanol–water partition coefficient (Wildman–Crippen LogP) is -1.03. The van der Waals surface area contributed by atoms with E-state index in [-0.39, 0.29) is 35.5 Å². The van der Waals surface area contributed by atoms with Crippen LogP contribution >= 0.6 is 0 Å². The molecule has 74 valence electrons. The summed E-state index contributed by atoms with van der Waals surface area (Å²) in [6.45, 7) is 5.91. The smallest absolute Gasteiger partial charge is 1.00 e.